The molecule has 1 aliphatic carbocycles. The van der Waals surface area contributed by atoms with Crippen LogP contribution < -0.4 is 10.1 Å². The molecule has 1 N–H and O–H groups in total. The van der Waals surface area contributed by atoms with Crippen molar-refractivity contribution in [3.63, 3.8) is 0 Å². The van der Waals surface area contributed by atoms with Crippen LogP contribution in [-0.2, 0) is 9.59 Å². The molecule has 1 fully saturated rings. The summed E-state index contributed by atoms with van der Waals surface area (Å²) in [4.78, 5) is 26.0. The third kappa shape index (κ3) is 5.63. The van der Waals surface area contributed by atoms with Crippen LogP contribution in [-0.4, -0.2) is 36.4 Å². The lowest BCUT2D eigenvalue weighted by Crippen LogP contribution is -2.34. The van der Waals surface area contributed by atoms with E-state index in [0.29, 0.717) is 29.5 Å². The van der Waals surface area contributed by atoms with E-state index < -0.39 is 0 Å². The molecule has 0 spiro atoms. The maximum absolute atomic E-state index is 12.3. The Morgan fingerprint density at radius 3 is 2.48 bits per heavy atom. The molecular weight excluding hydrogens is 340 g/mol. The van der Waals surface area contributed by atoms with Crippen LogP contribution in [0.15, 0.2) is 18.2 Å². The average molecular weight is 367 g/mol. The second-order valence-corrected chi connectivity index (χ2v) is 6.73. The van der Waals surface area contributed by atoms with Gasteiger partial charge in [-0.3, -0.25) is 9.59 Å². The van der Waals surface area contributed by atoms with Crippen LogP contribution in [0.3, 0.4) is 0 Å². The van der Waals surface area contributed by atoms with E-state index >= 15 is 0 Å². The van der Waals surface area contributed by atoms with E-state index in [-0.39, 0.29) is 24.3 Å². The molecule has 0 saturated heterocycles. The van der Waals surface area contributed by atoms with Gasteiger partial charge in [0.1, 0.15) is 5.75 Å². The molecular formula is C19H27ClN2O3. The highest BCUT2D eigenvalue weighted by Gasteiger charge is 2.21. The summed E-state index contributed by atoms with van der Waals surface area (Å²) in [5.74, 6) is 0.518. The molecule has 0 unspecified atom stereocenters. The van der Waals surface area contributed by atoms with Crippen molar-refractivity contribution < 1.29 is 14.3 Å². The minimum absolute atomic E-state index is 0.0464. The zero-order chi connectivity index (χ0) is 18.2. The van der Waals surface area contributed by atoms with Crippen LogP contribution in [0.1, 0.15) is 46.0 Å². The van der Waals surface area contributed by atoms with E-state index in [4.69, 9.17) is 16.3 Å². The predicted molar refractivity (Wildman–Crippen MR) is 100 cm³/mol. The molecule has 138 valence electrons. The minimum atomic E-state index is -0.0734. The summed E-state index contributed by atoms with van der Waals surface area (Å²) in [6, 6.07) is 5.11. The van der Waals surface area contributed by atoms with Crippen molar-refractivity contribution in [3.8, 4) is 5.75 Å². The van der Waals surface area contributed by atoms with Gasteiger partial charge in [-0.15, -0.1) is 0 Å². The van der Waals surface area contributed by atoms with Gasteiger partial charge in [0, 0.05) is 24.7 Å². The van der Waals surface area contributed by atoms with Crippen LogP contribution in [0.25, 0.3) is 0 Å². The molecule has 2 rings (SSSR count). The maximum atomic E-state index is 12.3. The Morgan fingerprint density at radius 2 is 1.88 bits per heavy atom. The number of hydrogen-bond donors (Lipinski definition) is 1. The summed E-state index contributed by atoms with van der Waals surface area (Å²) in [7, 11) is 0. The van der Waals surface area contributed by atoms with Crippen molar-refractivity contribution in [1.82, 2.24) is 4.90 Å². The lowest BCUT2D eigenvalue weighted by molar-refractivity contribution is -0.133. The van der Waals surface area contributed by atoms with Gasteiger partial charge < -0.3 is 15.0 Å². The van der Waals surface area contributed by atoms with Gasteiger partial charge >= 0.3 is 0 Å². The molecule has 2 amide bonds. The molecule has 0 heterocycles. The van der Waals surface area contributed by atoms with Gasteiger partial charge in [0.2, 0.25) is 5.91 Å². The summed E-state index contributed by atoms with van der Waals surface area (Å²) in [6.45, 7) is 5.11. The Labute approximate surface area is 154 Å². The summed E-state index contributed by atoms with van der Waals surface area (Å²) >= 11 is 6.23. The second kappa shape index (κ2) is 9.66. The van der Waals surface area contributed by atoms with Gasteiger partial charge in [-0.25, -0.2) is 0 Å². The number of carbonyl (C=O) groups excluding carboxylic acids is 2. The molecule has 0 aromatic heterocycles. The minimum Gasteiger partial charge on any atom is -0.482 e. The summed E-state index contributed by atoms with van der Waals surface area (Å²) < 4.78 is 5.52. The molecule has 6 heteroatoms. The van der Waals surface area contributed by atoms with Crippen molar-refractivity contribution in [1.29, 1.82) is 0 Å². The SMILES string of the molecule is CCN(CC)C(=O)COc1ccc(NC(=O)C2CCCCC2)cc1Cl. The summed E-state index contributed by atoms with van der Waals surface area (Å²) in [5.41, 5.74) is 0.656. The number of ether oxygens (including phenoxy) is 1. The third-order valence-corrected chi connectivity index (χ3v) is 4.94. The zero-order valence-corrected chi connectivity index (χ0v) is 15.8. The van der Waals surface area contributed by atoms with Gasteiger partial charge in [-0.2, -0.15) is 0 Å². The molecule has 5 nitrogen and oxygen atoms in total. The molecule has 1 aromatic carbocycles. The number of nitrogens with one attached hydrogen (secondary N) is 1. The third-order valence-electron chi connectivity index (χ3n) is 4.64. The first kappa shape index (κ1) is 19.6. The lowest BCUT2D eigenvalue weighted by Gasteiger charge is -2.21. The Bertz CT molecular complexity index is 596. The van der Waals surface area contributed by atoms with Gasteiger partial charge in [0.05, 0.1) is 5.02 Å². The molecule has 0 atom stereocenters. The normalized spacial score (nSPS) is 14.8. The number of carbonyl (C=O) groups is 2. The Morgan fingerprint density at radius 1 is 1.20 bits per heavy atom. The van der Waals surface area contributed by atoms with Crippen molar-refractivity contribution in [2.75, 3.05) is 25.0 Å². The number of amides is 2. The molecule has 1 saturated carbocycles. The van der Waals surface area contributed by atoms with E-state index in [1.165, 1.54) is 6.42 Å². The maximum Gasteiger partial charge on any atom is 0.260 e. The quantitative estimate of drug-likeness (QED) is 0.790. The summed E-state index contributed by atoms with van der Waals surface area (Å²) in [5, 5.41) is 3.31. The number of anilines is 1. The first-order chi connectivity index (χ1) is 12.0. The fourth-order valence-electron chi connectivity index (χ4n) is 3.11. The van der Waals surface area contributed by atoms with E-state index in [1.807, 2.05) is 13.8 Å². The van der Waals surface area contributed by atoms with E-state index in [2.05, 4.69) is 5.32 Å². The zero-order valence-electron chi connectivity index (χ0n) is 15.0. The number of rotatable bonds is 7. The number of likely N-dealkylation sites (N-methyl/N-ethyl adjacent to an activating group) is 1. The van der Waals surface area contributed by atoms with Crippen molar-refractivity contribution in [3.05, 3.63) is 23.2 Å². The van der Waals surface area contributed by atoms with Crippen molar-refractivity contribution in [2.24, 2.45) is 5.92 Å². The van der Waals surface area contributed by atoms with Gasteiger partial charge in [0.25, 0.3) is 5.91 Å². The standard InChI is InChI=1S/C19H27ClN2O3/c1-3-22(4-2)18(23)13-25-17-11-10-15(12-16(17)20)21-19(24)14-8-6-5-7-9-14/h10-12,14H,3-9,13H2,1-2H3,(H,21,24). The first-order valence-corrected chi connectivity index (χ1v) is 9.44. The second-order valence-electron chi connectivity index (χ2n) is 6.32. The molecule has 0 aliphatic heterocycles. The Hall–Kier alpha value is -1.75. The fourth-order valence-corrected chi connectivity index (χ4v) is 3.35. The van der Waals surface area contributed by atoms with Gasteiger partial charge in [0.15, 0.2) is 6.61 Å². The predicted octanol–water partition coefficient (Wildman–Crippen LogP) is 4.11. The van der Waals surface area contributed by atoms with E-state index in [1.54, 1.807) is 23.1 Å². The van der Waals surface area contributed by atoms with Crippen LogP contribution in [0.5, 0.6) is 5.75 Å². The highest BCUT2D eigenvalue weighted by molar-refractivity contribution is 6.32. The van der Waals surface area contributed by atoms with E-state index in [0.717, 1.165) is 25.7 Å². The molecule has 25 heavy (non-hydrogen) atoms. The monoisotopic (exact) mass is 366 g/mol. The Balaban J connectivity index is 1.91. The number of hydrogen-bond acceptors (Lipinski definition) is 3. The molecule has 1 aliphatic rings. The van der Waals surface area contributed by atoms with Crippen molar-refractivity contribution >= 4 is 29.1 Å². The number of halogens is 1. The largest absolute Gasteiger partial charge is 0.482 e. The topological polar surface area (TPSA) is 58.6 Å². The van der Waals surface area contributed by atoms with Crippen LogP contribution in [0.2, 0.25) is 5.02 Å². The molecule has 0 bridgehead atoms. The highest BCUT2D eigenvalue weighted by Crippen LogP contribution is 2.29. The van der Waals surface area contributed by atoms with Crippen LogP contribution in [0.4, 0.5) is 5.69 Å². The highest BCUT2D eigenvalue weighted by atomic mass is 35.5. The number of benzene rings is 1. The molecule has 1 aromatic rings. The van der Waals surface area contributed by atoms with Gasteiger partial charge in [-0.05, 0) is 44.9 Å². The van der Waals surface area contributed by atoms with Gasteiger partial charge in [-0.1, -0.05) is 30.9 Å². The lowest BCUT2D eigenvalue weighted by atomic mass is 9.88. The smallest absolute Gasteiger partial charge is 0.260 e. The van der Waals surface area contributed by atoms with Crippen LogP contribution >= 0.6 is 11.6 Å². The van der Waals surface area contributed by atoms with E-state index in [9.17, 15) is 9.59 Å². The molecule has 0 radical (unpaired) electrons. The summed E-state index contributed by atoms with van der Waals surface area (Å²) in [6.07, 6.45) is 5.36. The Kier molecular flexibility index (Phi) is 7.56. The average Bonchev–Trinajstić information content (AvgIpc) is 2.62. The fraction of sp³-hybridized carbons (Fsp3) is 0.579. The van der Waals surface area contributed by atoms with Crippen molar-refractivity contribution in [2.45, 2.75) is 46.0 Å². The first-order valence-electron chi connectivity index (χ1n) is 9.06. The number of nitrogens with zero attached hydrogens (tertiary/aromatic N) is 1. The van der Waals surface area contributed by atoms with Crippen LogP contribution in [0, 0.1) is 5.92 Å².